The average Bonchev–Trinajstić information content (AvgIpc) is 3.08. The molecule has 1 aliphatic heterocycles. The molecule has 0 spiro atoms. The number of amides is 3. The first-order chi connectivity index (χ1) is 15.6. The first-order valence-electron chi connectivity index (χ1n) is 10.4. The molecule has 1 saturated carbocycles. The molecule has 10 heteroatoms. The van der Waals surface area contributed by atoms with Crippen molar-refractivity contribution in [2.45, 2.75) is 49.7 Å². The molecule has 1 unspecified atom stereocenters. The molecule has 2 atom stereocenters. The number of anilines is 1. The predicted octanol–water partition coefficient (Wildman–Crippen LogP) is 3.55. The maximum Gasteiger partial charge on any atom is 0.252 e. The standard InChI is InChI=1S/C23H21F4N3O3/c24-14-8-15(25)10-16(9-14)28-21(32)18-6-7-19(31)30(18)20(13-4-2-1-3-5-13)22(33)29-17-11-23(26,27)12-17/h1-5,8-10,17-18,20H,6-7,11-12H2,(H,28,32)(H,29,33)/t18?,20-/m0/s1. The molecule has 2 aromatic carbocycles. The number of alkyl halides is 2. The highest BCUT2D eigenvalue weighted by atomic mass is 19.3. The van der Waals surface area contributed by atoms with Crippen LogP contribution in [0, 0.1) is 11.6 Å². The van der Waals surface area contributed by atoms with Crippen LogP contribution >= 0.6 is 0 Å². The second kappa shape index (κ2) is 8.84. The van der Waals surface area contributed by atoms with E-state index >= 15 is 0 Å². The van der Waals surface area contributed by atoms with E-state index in [-0.39, 0.29) is 18.5 Å². The molecule has 4 rings (SSSR count). The van der Waals surface area contributed by atoms with Crippen molar-refractivity contribution in [2.75, 3.05) is 5.32 Å². The lowest BCUT2D eigenvalue weighted by molar-refractivity contribution is -0.145. The highest BCUT2D eigenvalue weighted by Gasteiger charge is 2.48. The first-order valence-corrected chi connectivity index (χ1v) is 10.4. The number of hydrogen-bond acceptors (Lipinski definition) is 3. The van der Waals surface area contributed by atoms with Crippen LogP contribution in [0.4, 0.5) is 23.2 Å². The summed E-state index contributed by atoms with van der Waals surface area (Å²) in [4.78, 5) is 40.0. The summed E-state index contributed by atoms with van der Waals surface area (Å²) >= 11 is 0. The van der Waals surface area contributed by atoms with Crippen LogP contribution in [0.15, 0.2) is 48.5 Å². The smallest absolute Gasteiger partial charge is 0.252 e. The lowest BCUT2D eigenvalue weighted by Crippen LogP contribution is -2.55. The topological polar surface area (TPSA) is 78.5 Å². The number of rotatable bonds is 6. The van der Waals surface area contributed by atoms with E-state index < -0.39 is 66.2 Å². The van der Waals surface area contributed by atoms with Gasteiger partial charge in [0.15, 0.2) is 0 Å². The van der Waals surface area contributed by atoms with Crippen molar-refractivity contribution in [1.29, 1.82) is 0 Å². The zero-order valence-corrected chi connectivity index (χ0v) is 17.4. The van der Waals surface area contributed by atoms with Gasteiger partial charge in [0.25, 0.3) is 5.92 Å². The molecular weight excluding hydrogens is 442 g/mol. The van der Waals surface area contributed by atoms with Gasteiger partial charge < -0.3 is 15.5 Å². The molecule has 1 aliphatic carbocycles. The van der Waals surface area contributed by atoms with E-state index in [0.717, 1.165) is 17.0 Å². The van der Waals surface area contributed by atoms with E-state index in [9.17, 15) is 31.9 Å². The fraction of sp³-hybridized carbons (Fsp3) is 0.348. The Hall–Kier alpha value is -3.43. The average molecular weight is 463 g/mol. The summed E-state index contributed by atoms with van der Waals surface area (Å²) in [5.41, 5.74) is 0.278. The van der Waals surface area contributed by atoms with E-state index in [0.29, 0.717) is 11.6 Å². The quantitative estimate of drug-likeness (QED) is 0.644. The molecule has 0 bridgehead atoms. The van der Waals surface area contributed by atoms with E-state index in [1.807, 2.05) is 0 Å². The summed E-state index contributed by atoms with van der Waals surface area (Å²) in [6.07, 6.45) is -0.930. The Kier molecular flexibility index (Phi) is 6.09. The zero-order valence-electron chi connectivity index (χ0n) is 17.4. The summed E-state index contributed by atoms with van der Waals surface area (Å²) in [5.74, 6) is -6.47. The number of nitrogens with zero attached hydrogens (tertiary/aromatic N) is 1. The molecule has 1 heterocycles. The van der Waals surface area contributed by atoms with E-state index in [4.69, 9.17) is 0 Å². The van der Waals surface area contributed by atoms with Crippen molar-refractivity contribution in [3.63, 3.8) is 0 Å². The molecule has 2 N–H and O–H groups in total. The Morgan fingerprint density at radius 1 is 1.03 bits per heavy atom. The molecule has 1 saturated heterocycles. The van der Waals surface area contributed by atoms with Gasteiger partial charge in [-0.3, -0.25) is 14.4 Å². The van der Waals surface area contributed by atoms with Crippen molar-refractivity contribution in [2.24, 2.45) is 0 Å². The Morgan fingerprint density at radius 2 is 1.67 bits per heavy atom. The Labute approximate surface area is 186 Å². The van der Waals surface area contributed by atoms with Gasteiger partial charge in [-0.15, -0.1) is 0 Å². The number of hydrogen-bond donors (Lipinski definition) is 2. The Balaban J connectivity index is 1.59. The van der Waals surface area contributed by atoms with Crippen LogP contribution in [-0.2, 0) is 14.4 Å². The van der Waals surface area contributed by atoms with Crippen molar-refractivity contribution in [3.05, 3.63) is 65.7 Å². The van der Waals surface area contributed by atoms with Crippen molar-refractivity contribution < 1.29 is 31.9 Å². The number of carbonyl (C=O) groups excluding carboxylic acids is 3. The number of nitrogens with one attached hydrogen (secondary N) is 2. The molecule has 33 heavy (non-hydrogen) atoms. The SMILES string of the molecule is O=C(Nc1cc(F)cc(F)c1)C1CCC(=O)N1[C@H](C(=O)NC1CC(F)(F)C1)c1ccccc1. The van der Waals surface area contributed by atoms with Gasteiger partial charge in [-0.05, 0) is 24.1 Å². The van der Waals surface area contributed by atoms with Gasteiger partial charge >= 0.3 is 0 Å². The summed E-state index contributed by atoms with van der Waals surface area (Å²) in [5, 5.41) is 4.94. The number of halogens is 4. The lowest BCUT2D eigenvalue weighted by atomic mass is 9.87. The van der Waals surface area contributed by atoms with E-state index in [1.165, 1.54) is 0 Å². The third-order valence-electron chi connectivity index (χ3n) is 5.77. The van der Waals surface area contributed by atoms with Gasteiger partial charge in [0, 0.05) is 37.1 Å². The summed E-state index contributed by atoms with van der Waals surface area (Å²) in [7, 11) is 0. The fourth-order valence-corrected chi connectivity index (χ4v) is 4.25. The number of carbonyl (C=O) groups is 3. The Morgan fingerprint density at radius 3 is 2.27 bits per heavy atom. The van der Waals surface area contributed by atoms with E-state index in [2.05, 4.69) is 10.6 Å². The highest BCUT2D eigenvalue weighted by Crippen LogP contribution is 2.38. The minimum absolute atomic E-state index is 0.0201. The third kappa shape index (κ3) is 4.99. The van der Waals surface area contributed by atoms with E-state index in [1.54, 1.807) is 30.3 Å². The molecule has 3 amide bonds. The summed E-state index contributed by atoms with van der Waals surface area (Å²) in [6, 6.07) is 7.67. The van der Waals surface area contributed by atoms with Crippen LogP contribution in [0.25, 0.3) is 0 Å². The predicted molar refractivity (Wildman–Crippen MR) is 110 cm³/mol. The largest absolute Gasteiger partial charge is 0.351 e. The maximum atomic E-state index is 13.5. The van der Waals surface area contributed by atoms with Gasteiger partial charge in [0.2, 0.25) is 17.7 Å². The Bertz CT molecular complexity index is 1050. The minimum atomic E-state index is -2.84. The second-order valence-electron chi connectivity index (χ2n) is 8.29. The monoisotopic (exact) mass is 463 g/mol. The van der Waals surface area contributed by atoms with Crippen LogP contribution < -0.4 is 10.6 Å². The number of benzene rings is 2. The molecule has 2 fully saturated rings. The first kappa shape index (κ1) is 22.8. The highest BCUT2D eigenvalue weighted by molar-refractivity contribution is 6.01. The number of likely N-dealkylation sites (tertiary alicyclic amines) is 1. The molecule has 6 nitrogen and oxygen atoms in total. The third-order valence-corrected chi connectivity index (χ3v) is 5.77. The van der Waals surface area contributed by atoms with Crippen LogP contribution in [0.2, 0.25) is 0 Å². The fourth-order valence-electron chi connectivity index (χ4n) is 4.25. The van der Waals surface area contributed by atoms with Crippen molar-refractivity contribution in [3.8, 4) is 0 Å². The normalized spacial score (nSPS) is 20.8. The maximum absolute atomic E-state index is 13.5. The molecule has 2 aliphatic rings. The van der Waals surface area contributed by atoms with Gasteiger partial charge in [0.1, 0.15) is 23.7 Å². The summed E-state index contributed by atoms with van der Waals surface area (Å²) < 4.78 is 53.5. The van der Waals surface area contributed by atoms with Gasteiger partial charge in [-0.1, -0.05) is 30.3 Å². The van der Waals surface area contributed by atoms with Crippen LogP contribution in [0.1, 0.15) is 37.3 Å². The van der Waals surface area contributed by atoms with Crippen LogP contribution in [0.5, 0.6) is 0 Å². The van der Waals surface area contributed by atoms with Gasteiger partial charge in [-0.2, -0.15) is 0 Å². The van der Waals surface area contributed by atoms with Crippen LogP contribution in [-0.4, -0.2) is 40.6 Å². The van der Waals surface area contributed by atoms with Crippen LogP contribution in [0.3, 0.4) is 0 Å². The molecule has 0 aromatic heterocycles. The molecule has 2 aromatic rings. The lowest BCUT2D eigenvalue weighted by Gasteiger charge is -2.38. The second-order valence-corrected chi connectivity index (χ2v) is 8.29. The molecule has 174 valence electrons. The van der Waals surface area contributed by atoms with Crippen molar-refractivity contribution in [1.82, 2.24) is 10.2 Å². The minimum Gasteiger partial charge on any atom is -0.351 e. The van der Waals surface area contributed by atoms with Gasteiger partial charge in [0.05, 0.1) is 0 Å². The zero-order chi connectivity index (χ0) is 23.8. The molecule has 0 radical (unpaired) electrons. The van der Waals surface area contributed by atoms with Gasteiger partial charge in [-0.25, -0.2) is 17.6 Å². The summed E-state index contributed by atoms with van der Waals surface area (Å²) in [6.45, 7) is 0. The van der Waals surface area contributed by atoms with Crippen molar-refractivity contribution >= 4 is 23.4 Å². The molecular formula is C23H21F4N3O3.